The van der Waals surface area contributed by atoms with Crippen LogP contribution in [0.3, 0.4) is 0 Å². The van der Waals surface area contributed by atoms with Gasteiger partial charge in [-0.15, -0.1) is 0 Å². The summed E-state index contributed by atoms with van der Waals surface area (Å²) in [6, 6.07) is 7.04. The molecule has 5 rings (SSSR count). The van der Waals surface area contributed by atoms with Gasteiger partial charge in [0.05, 0.1) is 11.0 Å². The van der Waals surface area contributed by atoms with Crippen LogP contribution in [0.5, 0.6) is 0 Å². The molecule has 4 heteroatoms. The lowest BCUT2D eigenvalue weighted by atomic mass is 9.47. The molecule has 3 saturated carbocycles. The Morgan fingerprint density at radius 1 is 0.921 bits per heavy atom. The monoisotopic (exact) mass is 540 g/mol. The van der Waals surface area contributed by atoms with Crippen molar-refractivity contribution in [2.24, 2.45) is 46.3 Å². The summed E-state index contributed by atoms with van der Waals surface area (Å²) >= 11 is 0. The van der Waals surface area contributed by atoms with Gasteiger partial charge in [-0.3, -0.25) is 4.18 Å². The van der Waals surface area contributed by atoms with Gasteiger partial charge in [0.15, 0.2) is 0 Å². The van der Waals surface area contributed by atoms with E-state index >= 15 is 0 Å². The second-order valence-corrected chi connectivity index (χ2v) is 16.1. The van der Waals surface area contributed by atoms with Gasteiger partial charge in [0, 0.05) is 0 Å². The van der Waals surface area contributed by atoms with Crippen LogP contribution in [-0.2, 0) is 14.3 Å². The van der Waals surface area contributed by atoms with Gasteiger partial charge in [-0.25, -0.2) is 0 Å². The predicted molar refractivity (Wildman–Crippen MR) is 156 cm³/mol. The van der Waals surface area contributed by atoms with E-state index in [2.05, 4.69) is 40.7 Å². The Balaban J connectivity index is 1.27. The van der Waals surface area contributed by atoms with Crippen LogP contribution in [0.4, 0.5) is 0 Å². The molecule has 0 bridgehead atoms. The van der Waals surface area contributed by atoms with Gasteiger partial charge < -0.3 is 0 Å². The van der Waals surface area contributed by atoms with Crippen molar-refractivity contribution >= 4 is 10.1 Å². The number of fused-ring (bicyclic) bond motifs is 5. The smallest absolute Gasteiger partial charge is 0.263 e. The molecule has 0 aliphatic heterocycles. The van der Waals surface area contributed by atoms with Gasteiger partial charge in [0.2, 0.25) is 0 Å². The van der Waals surface area contributed by atoms with Crippen LogP contribution in [0.1, 0.15) is 111 Å². The lowest BCUT2D eigenvalue weighted by molar-refractivity contribution is -0.0355. The summed E-state index contributed by atoms with van der Waals surface area (Å²) in [6.07, 6.45) is 15.9. The Labute approximate surface area is 233 Å². The number of hydrogen-bond donors (Lipinski definition) is 0. The highest BCUT2D eigenvalue weighted by atomic mass is 32.2. The Morgan fingerprint density at radius 3 is 2.32 bits per heavy atom. The van der Waals surface area contributed by atoms with Gasteiger partial charge >= 0.3 is 0 Å². The fourth-order valence-electron chi connectivity index (χ4n) is 9.52. The van der Waals surface area contributed by atoms with E-state index in [1.165, 1.54) is 44.9 Å². The first-order chi connectivity index (χ1) is 17.9. The molecule has 38 heavy (non-hydrogen) atoms. The first kappa shape index (κ1) is 28.4. The highest BCUT2D eigenvalue weighted by molar-refractivity contribution is 7.86. The zero-order valence-electron chi connectivity index (χ0n) is 24.8. The Bertz CT molecular complexity index is 1120. The molecule has 212 valence electrons. The molecular formula is C34H52O3S. The lowest BCUT2D eigenvalue weighted by Crippen LogP contribution is -2.50. The molecule has 0 unspecified atom stereocenters. The number of allylic oxidation sites excluding steroid dienone is 2. The second-order valence-electron chi connectivity index (χ2n) is 14.5. The molecule has 0 heterocycles. The van der Waals surface area contributed by atoms with E-state index in [4.69, 9.17) is 4.18 Å². The maximum Gasteiger partial charge on any atom is 0.297 e. The predicted octanol–water partition coefficient (Wildman–Crippen LogP) is 9.11. The third-order valence-electron chi connectivity index (χ3n) is 11.8. The zero-order valence-corrected chi connectivity index (χ0v) is 25.7. The normalized spacial score (nSPS) is 37.8. The molecule has 3 fully saturated rings. The SMILES string of the molecule is Cc1ccc(S(=O)(=O)O[C@@H]2CC[C@@]3(C)[C@@H](CC=C4[C@H]3CC[C@]3(C)[C@@H]4CC[C@H]3[C@H](C)CCCC(C)C)C2)cc1. The largest absolute Gasteiger partial charge is 0.297 e. The molecule has 3 nitrogen and oxygen atoms in total. The molecule has 0 amide bonds. The van der Waals surface area contributed by atoms with Crippen molar-refractivity contribution in [3.05, 3.63) is 41.5 Å². The number of hydrogen-bond acceptors (Lipinski definition) is 3. The molecule has 4 aliphatic rings. The summed E-state index contributed by atoms with van der Waals surface area (Å²) in [5, 5.41) is 0. The highest BCUT2D eigenvalue weighted by Gasteiger charge is 2.58. The molecular weight excluding hydrogens is 488 g/mol. The molecule has 0 saturated heterocycles. The molecule has 0 spiro atoms. The van der Waals surface area contributed by atoms with Crippen molar-refractivity contribution in [2.75, 3.05) is 0 Å². The highest BCUT2D eigenvalue weighted by Crippen LogP contribution is 2.67. The maximum absolute atomic E-state index is 13.0. The van der Waals surface area contributed by atoms with Crippen LogP contribution in [0.2, 0.25) is 0 Å². The summed E-state index contributed by atoms with van der Waals surface area (Å²) in [6.45, 7) is 14.4. The summed E-state index contributed by atoms with van der Waals surface area (Å²) < 4.78 is 31.8. The van der Waals surface area contributed by atoms with Crippen LogP contribution >= 0.6 is 0 Å². The van der Waals surface area contributed by atoms with E-state index < -0.39 is 10.1 Å². The quantitative estimate of drug-likeness (QED) is 0.244. The molecule has 0 N–H and O–H groups in total. The van der Waals surface area contributed by atoms with Gasteiger partial charge in [-0.2, -0.15) is 8.42 Å². The third kappa shape index (κ3) is 5.18. The first-order valence-corrected chi connectivity index (χ1v) is 17.0. The van der Waals surface area contributed by atoms with Crippen LogP contribution in [0, 0.1) is 53.3 Å². The van der Waals surface area contributed by atoms with Crippen LogP contribution in [0.25, 0.3) is 0 Å². The van der Waals surface area contributed by atoms with Crippen molar-refractivity contribution in [1.82, 2.24) is 0 Å². The molecule has 0 aromatic heterocycles. The van der Waals surface area contributed by atoms with E-state index in [0.717, 1.165) is 54.9 Å². The van der Waals surface area contributed by atoms with Gasteiger partial charge in [-0.05, 0) is 117 Å². The number of benzene rings is 1. The van der Waals surface area contributed by atoms with Crippen molar-refractivity contribution in [2.45, 2.75) is 123 Å². The van der Waals surface area contributed by atoms with E-state index in [0.29, 0.717) is 17.3 Å². The maximum atomic E-state index is 13.0. The van der Waals surface area contributed by atoms with Crippen molar-refractivity contribution in [3.8, 4) is 0 Å². The van der Waals surface area contributed by atoms with Crippen LogP contribution < -0.4 is 0 Å². The van der Waals surface area contributed by atoms with Crippen LogP contribution in [0.15, 0.2) is 40.8 Å². The standard InChI is InChI=1S/C34H52O3S/c1-23(2)8-7-9-25(4)30-16-17-31-29-15-12-26-22-27(37-38(35,36)28-13-10-24(3)11-14-28)18-20-33(26,5)32(29)19-21-34(30,31)6/h10-11,13-15,23,25-27,30-32H,7-9,12,16-22H2,1-6H3/t25-,26+,27-,30+,31-,32-,33+,34+/m1/s1. The average molecular weight is 541 g/mol. The van der Waals surface area contributed by atoms with E-state index in [1.807, 2.05) is 19.1 Å². The van der Waals surface area contributed by atoms with Crippen molar-refractivity contribution in [3.63, 3.8) is 0 Å². The van der Waals surface area contributed by atoms with Gasteiger partial charge in [0.1, 0.15) is 0 Å². The van der Waals surface area contributed by atoms with Gasteiger partial charge in [0.25, 0.3) is 10.1 Å². The topological polar surface area (TPSA) is 43.4 Å². The minimum atomic E-state index is -3.72. The van der Waals surface area contributed by atoms with E-state index in [1.54, 1.807) is 17.7 Å². The minimum Gasteiger partial charge on any atom is -0.263 e. The summed E-state index contributed by atoms with van der Waals surface area (Å²) in [4.78, 5) is 0.281. The van der Waals surface area contributed by atoms with E-state index in [9.17, 15) is 8.42 Å². The summed E-state index contributed by atoms with van der Waals surface area (Å²) in [5.74, 6) is 4.45. The van der Waals surface area contributed by atoms with E-state index in [-0.39, 0.29) is 16.4 Å². The molecule has 4 aliphatic carbocycles. The zero-order chi connectivity index (χ0) is 27.3. The first-order valence-electron chi connectivity index (χ1n) is 15.6. The Kier molecular flexibility index (Phi) is 7.99. The summed E-state index contributed by atoms with van der Waals surface area (Å²) in [7, 11) is -3.72. The third-order valence-corrected chi connectivity index (χ3v) is 13.2. The molecule has 1 aromatic rings. The Morgan fingerprint density at radius 2 is 1.61 bits per heavy atom. The van der Waals surface area contributed by atoms with Crippen molar-refractivity contribution in [1.29, 1.82) is 0 Å². The fourth-order valence-corrected chi connectivity index (χ4v) is 10.6. The lowest BCUT2D eigenvalue weighted by Gasteiger charge is -2.58. The second kappa shape index (κ2) is 10.7. The number of rotatable bonds is 8. The number of aryl methyl sites for hydroxylation is 1. The van der Waals surface area contributed by atoms with Crippen LogP contribution in [-0.4, -0.2) is 14.5 Å². The molecule has 1 aromatic carbocycles. The summed E-state index contributed by atoms with van der Waals surface area (Å²) in [5.41, 5.74) is 3.59. The van der Waals surface area contributed by atoms with Gasteiger partial charge in [-0.1, -0.05) is 83.2 Å². The molecule has 0 radical (unpaired) electrons. The minimum absolute atomic E-state index is 0.203. The fraction of sp³-hybridized carbons (Fsp3) is 0.765. The van der Waals surface area contributed by atoms with Crippen molar-refractivity contribution < 1.29 is 12.6 Å². The Hall–Kier alpha value is -1.13. The average Bonchev–Trinajstić information content (AvgIpc) is 3.21. The molecule has 8 atom stereocenters.